The average molecular weight is 533 g/mol. The van der Waals surface area contributed by atoms with Crippen LogP contribution in [0, 0.1) is 0 Å². The number of benzene rings is 3. The number of ketones is 1. The van der Waals surface area contributed by atoms with Gasteiger partial charge in [0.2, 0.25) is 0 Å². The zero-order valence-electron chi connectivity index (χ0n) is 21.1. The van der Waals surface area contributed by atoms with Crippen LogP contribution >= 0.6 is 11.8 Å². The van der Waals surface area contributed by atoms with Crippen LogP contribution in [0.5, 0.6) is 5.75 Å². The molecule has 0 aromatic heterocycles. The van der Waals surface area contributed by atoms with Gasteiger partial charge in [-0.1, -0.05) is 30.3 Å². The first-order valence-corrected chi connectivity index (χ1v) is 12.8. The highest BCUT2D eigenvalue weighted by molar-refractivity contribution is 8.00. The highest BCUT2D eigenvalue weighted by Crippen LogP contribution is 2.22. The minimum atomic E-state index is -0.534. The fourth-order valence-corrected chi connectivity index (χ4v) is 4.02. The van der Waals surface area contributed by atoms with Crippen LogP contribution in [-0.2, 0) is 19.1 Å². The number of esters is 1. The Morgan fingerprint density at radius 2 is 1.66 bits per heavy atom. The van der Waals surface area contributed by atoms with Crippen LogP contribution in [0.25, 0.3) is 6.08 Å². The highest BCUT2D eigenvalue weighted by Gasteiger charge is 2.16. The Morgan fingerprint density at radius 1 is 0.921 bits per heavy atom. The van der Waals surface area contributed by atoms with E-state index in [2.05, 4.69) is 10.6 Å². The number of carbonyl (C=O) groups excluding carboxylic acids is 4. The van der Waals surface area contributed by atoms with Crippen molar-refractivity contribution in [1.29, 1.82) is 0 Å². The first-order chi connectivity index (χ1) is 18.4. The topological polar surface area (TPSA) is 111 Å². The smallest absolute Gasteiger partial charge is 0.313 e. The van der Waals surface area contributed by atoms with Crippen LogP contribution < -0.4 is 15.4 Å². The molecule has 0 fully saturated rings. The molecule has 0 atom stereocenters. The standard InChI is InChI=1S/C29H28N2O6S/c1-3-37-27(33)18-23(32)19-38-25-14-12-22(13-15-25)30-29(35)26(17-20-8-7-11-24(16-20)36-2)31-28(34)21-9-5-4-6-10-21/h4-17H,3,18-19H2,1-2H3,(H,30,35)(H,31,34)/b26-17-. The molecule has 38 heavy (non-hydrogen) atoms. The van der Waals surface area contributed by atoms with Crippen molar-refractivity contribution < 1.29 is 28.7 Å². The normalized spacial score (nSPS) is 10.8. The second-order valence-corrected chi connectivity index (χ2v) is 8.99. The molecule has 0 saturated carbocycles. The minimum absolute atomic E-state index is 0.0510. The van der Waals surface area contributed by atoms with E-state index in [1.54, 1.807) is 99.0 Å². The molecule has 0 unspecified atom stereocenters. The lowest BCUT2D eigenvalue weighted by Crippen LogP contribution is -2.30. The van der Waals surface area contributed by atoms with Gasteiger partial charge in [-0.05, 0) is 67.1 Å². The van der Waals surface area contributed by atoms with E-state index in [-0.39, 0.29) is 30.3 Å². The molecular formula is C29H28N2O6S. The molecule has 0 heterocycles. The second-order valence-electron chi connectivity index (χ2n) is 7.94. The van der Waals surface area contributed by atoms with Crippen LogP contribution in [0.4, 0.5) is 5.69 Å². The molecule has 196 valence electrons. The Hall–Kier alpha value is -4.37. The Balaban J connectivity index is 1.70. The van der Waals surface area contributed by atoms with E-state index in [0.717, 1.165) is 4.90 Å². The zero-order valence-corrected chi connectivity index (χ0v) is 21.9. The zero-order chi connectivity index (χ0) is 27.3. The van der Waals surface area contributed by atoms with Crippen LogP contribution in [0.2, 0.25) is 0 Å². The number of hydrogen-bond donors (Lipinski definition) is 2. The molecule has 0 radical (unpaired) electrons. The van der Waals surface area contributed by atoms with Crippen LogP contribution in [0.15, 0.2) is 89.5 Å². The summed E-state index contributed by atoms with van der Waals surface area (Å²) in [6, 6.07) is 22.6. The van der Waals surface area contributed by atoms with Crippen LogP contribution in [0.3, 0.4) is 0 Å². The SMILES string of the molecule is CCOC(=O)CC(=O)CSc1ccc(NC(=O)/C(=C/c2cccc(OC)c2)NC(=O)c2ccccc2)cc1. The summed E-state index contributed by atoms with van der Waals surface area (Å²) in [6.45, 7) is 1.92. The van der Waals surface area contributed by atoms with Gasteiger partial charge >= 0.3 is 5.97 Å². The van der Waals surface area contributed by atoms with E-state index < -0.39 is 17.8 Å². The lowest BCUT2D eigenvalue weighted by Gasteiger charge is -2.12. The highest BCUT2D eigenvalue weighted by atomic mass is 32.2. The van der Waals surface area contributed by atoms with Gasteiger partial charge in [0, 0.05) is 16.1 Å². The molecule has 2 N–H and O–H groups in total. The number of ether oxygens (including phenoxy) is 2. The van der Waals surface area contributed by atoms with Crippen molar-refractivity contribution >= 4 is 47.1 Å². The van der Waals surface area contributed by atoms with Crippen LogP contribution in [-0.4, -0.2) is 43.0 Å². The van der Waals surface area contributed by atoms with Crippen molar-refractivity contribution in [2.45, 2.75) is 18.2 Å². The molecule has 2 amide bonds. The van der Waals surface area contributed by atoms with Gasteiger partial charge in [-0.2, -0.15) is 0 Å². The fourth-order valence-electron chi connectivity index (χ4n) is 3.26. The number of rotatable bonds is 12. The summed E-state index contributed by atoms with van der Waals surface area (Å²) in [5.74, 6) is -0.956. The number of thioether (sulfide) groups is 1. The molecule has 0 aliphatic carbocycles. The molecule has 9 heteroatoms. The molecule has 0 saturated heterocycles. The molecule has 3 aromatic carbocycles. The number of hydrogen-bond acceptors (Lipinski definition) is 7. The van der Waals surface area contributed by atoms with E-state index in [1.165, 1.54) is 11.8 Å². The Morgan fingerprint density at radius 3 is 2.34 bits per heavy atom. The number of amides is 2. The van der Waals surface area contributed by atoms with Crippen LogP contribution in [0.1, 0.15) is 29.3 Å². The fraction of sp³-hybridized carbons (Fsp3) is 0.172. The first kappa shape index (κ1) is 28.2. The number of anilines is 1. The molecule has 0 aliphatic heterocycles. The van der Waals surface area contributed by atoms with Gasteiger partial charge in [-0.3, -0.25) is 19.2 Å². The average Bonchev–Trinajstić information content (AvgIpc) is 2.93. The van der Waals surface area contributed by atoms with Crippen molar-refractivity contribution in [3.63, 3.8) is 0 Å². The quantitative estimate of drug-likeness (QED) is 0.150. The summed E-state index contributed by atoms with van der Waals surface area (Å²) in [5, 5.41) is 5.49. The largest absolute Gasteiger partial charge is 0.497 e. The van der Waals surface area contributed by atoms with E-state index in [0.29, 0.717) is 22.6 Å². The molecule has 8 nitrogen and oxygen atoms in total. The molecular weight excluding hydrogens is 504 g/mol. The Kier molecular flexibility index (Phi) is 10.7. The summed E-state index contributed by atoms with van der Waals surface area (Å²) in [5.41, 5.74) is 1.63. The van der Waals surface area contributed by atoms with E-state index in [4.69, 9.17) is 9.47 Å². The van der Waals surface area contributed by atoms with E-state index in [1.807, 2.05) is 0 Å². The van der Waals surface area contributed by atoms with Crippen molar-refractivity contribution in [2.75, 3.05) is 24.8 Å². The summed E-state index contributed by atoms with van der Waals surface area (Å²) >= 11 is 1.28. The third-order valence-electron chi connectivity index (χ3n) is 5.09. The summed E-state index contributed by atoms with van der Waals surface area (Å²) < 4.78 is 10.0. The number of carbonyl (C=O) groups is 4. The number of methoxy groups -OCH3 is 1. The van der Waals surface area contributed by atoms with Gasteiger partial charge in [0.15, 0.2) is 5.78 Å². The maximum atomic E-state index is 13.2. The van der Waals surface area contributed by atoms with Gasteiger partial charge in [-0.15, -0.1) is 11.8 Å². The van der Waals surface area contributed by atoms with Crippen molar-refractivity contribution in [3.8, 4) is 5.75 Å². The van der Waals surface area contributed by atoms with Crippen molar-refractivity contribution in [2.24, 2.45) is 0 Å². The molecule has 3 rings (SSSR count). The van der Waals surface area contributed by atoms with Gasteiger partial charge < -0.3 is 20.1 Å². The lowest BCUT2D eigenvalue weighted by atomic mass is 10.1. The predicted octanol–water partition coefficient (Wildman–Crippen LogP) is 4.72. The monoisotopic (exact) mass is 532 g/mol. The summed E-state index contributed by atoms with van der Waals surface area (Å²) in [4.78, 5) is 50.1. The summed E-state index contributed by atoms with van der Waals surface area (Å²) in [7, 11) is 1.55. The lowest BCUT2D eigenvalue weighted by molar-refractivity contribution is -0.145. The van der Waals surface area contributed by atoms with Gasteiger partial charge in [-0.25, -0.2) is 0 Å². The number of Topliss-reactive ketones (excluding diaryl/α,β-unsaturated/α-hetero) is 1. The molecule has 0 bridgehead atoms. The van der Waals surface area contributed by atoms with Gasteiger partial charge in [0.25, 0.3) is 11.8 Å². The third kappa shape index (κ3) is 8.94. The molecule has 0 aliphatic rings. The third-order valence-corrected chi connectivity index (χ3v) is 6.16. The van der Waals surface area contributed by atoms with Crippen molar-refractivity contribution in [1.82, 2.24) is 5.32 Å². The van der Waals surface area contributed by atoms with E-state index in [9.17, 15) is 19.2 Å². The predicted molar refractivity (Wildman–Crippen MR) is 147 cm³/mol. The van der Waals surface area contributed by atoms with Crippen molar-refractivity contribution in [3.05, 3.63) is 95.7 Å². The van der Waals surface area contributed by atoms with Gasteiger partial charge in [0.05, 0.1) is 19.5 Å². The van der Waals surface area contributed by atoms with Gasteiger partial charge in [0.1, 0.15) is 17.9 Å². The molecule has 3 aromatic rings. The number of nitrogens with one attached hydrogen (secondary N) is 2. The minimum Gasteiger partial charge on any atom is -0.497 e. The Bertz CT molecular complexity index is 1310. The molecule has 0 spiro atoms. The maximum Gasteiger partial charge on any atom is 0.313 e. The maximum absolute atomic E-state index is 13.2. The second kappa shape index (κ2) is 14.4. The summed E-state index contributed by atoms with van der Waals surface area (Å²) in [6.07, 6.45) is 1.31. The first-order valence-electron chi connectivity index (χ1n) is 11.8. The van der Waals surface area contributed by atoms with E-state index >= 15 is 0 Å². The Labute approximate surface area is 225 Å².